The van der Waals surface area contributed by atoms with E-state index < -0.39 is 22.5 Å². The molecule has 7 rings (SSSR count). The fourth-order valence-corrected chi connectivity index (χ4v) is 7.47. The van der Waals surface area contributed by atoms with E-state index in [9.17, 15) is 14.4 Å². The molecule has 1 unspecified atom stereocenters. The lowest BCUT2D eigenvalue weighted by Gasteiger charge is -2.48. The Hall–Kier alpha value is -3.19. The van der Waals surface area contributed by atoms with Gasteiger partial charge < -0.3 is 15.0 Å². The van der Waals surface area contributed by atoms with Crippen LogP contribution in [0.3, 0.4) is 0 Å². The maximum Gasteiger partial charge on any atom is 0.334 e. The molecule has 2 amide bonds. The maximum absolute atomic E-state index is 14.2. The van der Waals surface area contributed by atoms with Crippen LogP contribution in [0.25, 0.3) is 0 Å². The average molecular weight is 429 g/mol. The number of carbonyl (C=O) groups is 3. The molecule has 32 heavy (non-hydrogen) atoms. The van der Waals surface area contributed by atoms with Crippen molar-refractivity contribution in [2.45, 2.75) is 42.9 Å². The Morgan fingerprint density at radius 1 is 1.00 bits per heavy atom. The predicted octanol–water partition coefficient (Wildman–Crippen LogP) is 2.51. The third-order valence-corrected chi connectivity index (χ3v) is 8.56. The number of esters is 1. The zero-order chi connectivity index (χ0) is 21.9. The number of carbonyl (C=O) groups excluding carboxylic acids is 3. The minimum atomic E-state index is -1.68. The Labute approximate surface area is 185 Å². The molecule has 162 valence electrons. The fraction of sp³-hybridized carbons (Fsp3) is 0.400. The van der Waals surface area contributed by atoms with E-state index in [0.717, 1.165) is 24.8 Å². The van der Waals surface area contributed by atoms with Crippen LogP contribution >= 0.6 is 0 Å². The van der Waals surface area contributed by atoms with Crippen molar-refractivity contribution in [1.29, 1.82) is 0 Å². The van der Waals surface area contributed by atoms with Crippen LogP contribution in [-0.2, 0) is 30.3 Å². The van der Waals surface area contributed by atoms with Crippen molar-refractivity contribution in [2.24, 2.45) is 5.41 Å². The number of fused-ring (bicyclic) bond motifs is 4. The van der Waals surface area contributed by atoms with E-state index in [1.54, 1.807) is 11.9 Å². The first-order valence-electron chi connectivity index (χ1n) is 11.3. The van der Waals surface area contributed by atoms with Crippen LogP contribution in [0, 0.1) is 5.41 Å². The van der Waals surface area contributed by atoms with Gasteiger partial charge in [0, 0.05) is 29.9 Å². The number of para-hydroxylation sites is 2. The summed E-state index contributed by atoms with van der Waals surface area (Å²) in [5.41, 5.74) is -1.71. The van der Waals surface area contributed by atoms with Crippen molar-refractivity contribution >= 4 is 29.2 Å². The summed E-state index contributed by atoms with van der Waals surface area (Å²) < 4.78 is 6.26. The molecular weight excluding hydrogens is 406 g/mol. The molecule has 5 aliphatic heterocycles. The lowest BCUT2D eigenvalue weighted by Crippen LogP contribution is -2.66. The van der Waals surface area contributed by atoms with Crippen LogP contribution < -0.4 is 10.2 Å². The maximum atomic E-state index is 14.2. The van der Waals surface area contributed by atoms with E-state index in [1.165, 1.54) is 0 Å². The lowest BCUT2D eigenvalue weighted by molar-refractivity contribution is -0.167. The second-order valence-electron chi connectivity index (χ2n) is 9.61. The normalized spacial score (nSPS) is 36.8. The summed E-state index contributed by atoms with van der Waals surface area (Å²) >= 11 is 0. The smallest absolute Gasteiger partial charge is 0.334 e. The highest BCUT2D eigenvalue weighted by Crippen LogP contribution is 2.74. The summed E-state index contributed by atoms with van der Waals surface area (Å²) in [5, 5.41) is 3.07. The third kappa shape index (κ3) is 1.60. The van der Waals surface area contributed by atoms with Gasteiger partial charge in [-0.3, -0.25) is 14.5 Å². The molecule has 0 radical (unpaired) electrons. The molecule has 1 spiro atoms. The topological polar surface area (TPSA) is 79.0 Å². The molecule has 1 N–H and O–H groups in total. The molecule has 0 aromatic heterocycles. The van der Waals surface area contributed by atoms with Gasteiger partial charge in [0.2, 0.25) is 11.5 Å². The fourth-order valence-electron chi connectivity index (χ4n) is 7.47. The van der Waals surface area contributed by atoms with E-state index in [1.807, 2.05) is 48.5 Å². The van der Waals surface area contributed by atoms with Gasteiger partial charge in [0.15, 0.2) is 5.54 Å². The monoisotopic (exact) mass is 429 g/mol. The largest absolute Gasteiger partial charge is 0.441 e. The molecule has 5 aliphatic rings. The predicted molar refractivity (Wildman–Crippen MR) is 116 cm³/mol. The van der Waals surface area contributed by atoms with Crippen molar-refractivity contribution in [2.75, 3.05) is 23.8 Å². The first-order chi connectivity index (χ1) is 15.5. The molecular formula is C25H23N3O4. The molecule has 2 aromatic carbocycles. The number of amides is 2. The molecule has 7 nitrogen and oxygen atoms in total. The van der Waals surface area contributed by atoms with Crippen LogP contribution in [0.2, 0.25) is 0 Å². The first kappa shape index (κ1) is 18.4. The van der Waals surface area contributed by atoms with E-state index >= 15 is 0 Å². The zero-order valence-electron chi connectivity index (χ0n) is 17.8. The standard InChI is InChI=1S/C25H23N3O4/c1-27-19-12-5-3-10-17(19)25(21(27)30)23-14-15-8-6-7-13-28(15)24(23,22(31)32-25)16-9-2-4-11-18(16)26-20(23)29/h2-5,9-12,15H,6-8,13-14H2,1H3,(H,26,29)/t15?,23-,24+,25-/m1/s1. The number of nitrogens with zero attached hydrogens (tertiary/aromatic N) is 2. The summed E-state index contributed by atoms with van der Waals surface area (Å²) in [6, 6.07) is 14.9. The molecule has 5 heterocycles. The van der Waals surface area contributed by atoms with Gasteiger partial charge in [0.1, 0.15) is 5.41 Å². The molecule has 3 fully saturated rings. The molecule has 0 aliphatic carbocycles. The average Bonchev–Trinajstić information content (AvgIpc) is 3.35. The van der Waals surface area contributed by atoms with Crippen molar-refractivity contribution in [1.82, 2.24) is 4.90 Å². The summed E-state index contributed by atoms with van der Waals surface area (Å²) in [4.78, 5) is 46.2. The van der Waals surface area contributed by atoms with E-state index in [4.69, 9.17) is 4.74 Å². The van der Waals surface area contributed by atoms with Crippen LogP contribution in [0.15, 0.2) is 48.5 Å². The van der Waals surface area contributed by atoms with Gasteiger partial charge in [-0.15, -0.1) is 0 Å². The van der Waals surface area contributed by atoms with E-state index in [2.05, 4.69) is 10.2 Å². The van der Waals surface area contributed by atoms with Crippen LogP contribution in [0.4, 0.5) is 11.4 Å². The molecule has 4 atom stereocenters. The number of rotatable bonds is 0. The van der Waals surface area contributed by atoms with Crippen LogP contribution in [0.1, 0.15) is 36.8 Å². The molecule has 0 bridgehead atoms. The Morgan fingerprint density at radius 3 is 2.59 bits per heavy atom. The van der Waals surface area contributed by atoms with Crippen molar-refractivity contribution in [3.8, 4) is 0 Å². The van der Waals surface area contributed by atoms with Gasteiger partial charge in [0.05, 0.1) is 5.69 Å². The number of nitrogens with one attached hydrogen (secondary N) is 1. The highest BCUT2D eigenvalue weighted by Gasteiger charge is 2.89. The van der Waals surface area contributed by atoms with Crippen LogP contribution in [0.5, 0.6) is 0 Å². The van der Waals surface area contributed by atoms with Gasteiger partial charge >= 0.3 is 5.97 Å². The summed E-state index contributed by atoms with van der Waals surface area (Å²) in [6.45, 7) is 0.699. The molecule has 2 aromatic rings. The van der Waals surface area contributed by atoms with E-state index in [-0.39, 0.29) is 17.9 Å². The number of anilines is 2. The Kier molecular flexibility index (Phi) is 3.21. The number of ether oxygens (including phenoxy) is 1. The number of hydrogen-bond donors (Lipinski definition) is 1. The summed E-state index contributed by atoms with van der Waals surface area (Å²) in [5.74, 6) is -1.12. The minimum Gasteiger partial charge on any atom is -0.441 e. The second kappa shape index (κ2) is 5.59. The summed E-state index contributed by atoms with van der Waals surface area (Å²) in [7, 11) is 1.69. The van der Waals surface area contributed by atoms with Gasteiger partial charge in [0.25, 0.3) is 5.91 Å². The Morgan fingerprint density at radius 2 is 1.75 bits per heavy atom. The number of likely N-dealkylation sites (N-methyl/N-ethyl adjacent to an activating group) is 1. The zero-order valence-corrected chi connectivity index (χ0v) is 17.8. The number of hydrogen-bond acceptors (Lipinski definition) is 5. The number of benzene rings is 2. The van der Waals surface area contributed by atoms with Crippen molar-refractivity contribution in [3.05, 3.63) is 59.7 Å². The molecule has 7 heteroatoms. The highest BCUT2D eigenvalue weighted by atomic mass is 16.6. The van der Waals surface area contributed by atoms with Gasteiger partial charge in [-0.2, -0.15) is 0 Å². The van der Waals surface area contributed by atoms with Crippen molar-refractivity contribution in [3.63, 3.8) is 0 Å². The Bertz CT molecular complexity index is 1240. The minimum absolute atomic E-state index is 0.0382. The van der Waals surface area contributed by atoms with Gasteiger partial charge in [-0.25, -0.2) is 4.79 Å². The SMILES string of the molecule is CN1C(=O)[C@]2(OC(=O)[C@@]34c5ccccc5NC(=O)[C@]32CC2CCCCN24)c2ccccc21. The summed E-state index contributed by atoms with van der Waals surface area (Å²) in [6.07, 6.45) is 3.30. The quantitative estimate of drug-likeness (QED) is 0.651. The van der Waals surface area contributed by atoms with Crippen molar-refractivity contribution < 1.29 is 19.1 Å². The Balaban J connectivity index is 1.63. The molecule has 3 saturated heterocycles. The first-order valence-corrected chi connectivity index (χ1v) is 11.3. The third-order valence-electron chi connectivity index (χ3n) is 8.56. The second-order valence-corrected chi connectivity index (χ2v) is 9.61. The van der Waals surface area contributed by atoms with Gasteiger partial charge in [-0.05, 0) is 37.9 Å². The highest BCUT2D eigenvalue weighted by molar-refractivity contribution is 6.19. The number of piperidine rings is 1. The lowest BCUT2D eigenvalue weighted by atomic mass is 9.55. The van der Waals surface area contributed by atoms with Crippen LogP contribution in [-0.4, -0.2) is 42.3 Å². The van der Waals surface area contributed by atoms with E-state index in [0.29, 0.717) is 29.9 Å². The molecule has 0 saturated carbocycles. The van der Waals surface area contributed by atoms with Gasteiger partial charge in [-0.1, -0.05) is 42.8 Å².